The van der Waals surface area contributed by atoms with Crippen molar-refractivity contribution >= 4 is 23.7 Å². The minimum absolute atomic E-state index is 0.0805. The summed E-state index contributed by atoms with van der Waals surface area (Å²) in [7, 11) is 2.68. The van der Waals surface area contributed by atoms with Crippen LogP contribution in [0.5, 0.6) is 23.0 Å². The fraction of sp³-hybridized carbons (Fsp3) is 0.360. The van der Waals surface area contributed by atoms with E-state index in [0.29, 0.717) is 0 Å². The van der Waals surface area contributed by atoms with Gasteiger partial charge in [0, 0.05) is 24.2 Å². The number of benzene rings is 2. The smallest absolute Gasteiger partial charge is 0.325 e. The Morgan fingerprint density at radius 1 is 0.737 bits per heavy atom. The van der Waals surface area contributed by atoms with Gasteiger partial charge in [-0.1, -0.05) is 0 Å². The monoisotopic (exact) mass is 534 g/mol. The molecule has 0 spiro atoms. The molecule has 206 valence electrons. The summed E-state index contributed by atoms with van der Waals surface area (Å²) in [5.74, 6) is -5.03. The third-order valence-corrected chi connectivity index (χ3v) is 5.70. The molecule has 13 nitrogen and oxygen atoms in total. The zero-order chi connectivity index (χ0) is 28.6. The second-order valence-electron chi connectivity index (χ2n) is 8.37. The van der Waals surface area contributed by atoms with Gasteiger partial charge in [0.25, 0.3) is 0 Å². The maximum Gasteiger partial charge on any atom is 0.325 e. The van der Waals surface area contributed by atoms with Crippen LogP contribution in [0.4, 0.5) is 0 Å². The summed E-state index contributed by atoms with van der Waals surface area (Å²) in [6.07, 6.45) is 0. The van der Waals surface area contributed by atoms with Crippen LogP contribution in [-0.4, -0.2) is 99.4 Å². The van der Waals surface area contributed by atoms with Crippen LogP contribution >= 0.6 is 0 Å². The van der Waals surface area contributed by atoms with E-state index in [1.165, 1.54) is 62.4 Å². The highest BCUT2D eigenvalue weighted by molar-refractivity contribution is 5.81. The largest absolute Gasteiger partial charge is 0.508 e. The molecule has 0 saturated heterocycles. The van der Waals surface area contributed by atoms with Crippen LogP contribution in [0.3, 0.4) is 0 Å². The Labute approximate surface area is 218 Å². The van der Waals surface area contributed by atoms with Crippen molar-refractivity contribution in [1.29, 1.82) is 0 Å². The van der Waals surface area contributed by atoms with Crippen LogP contribution in [-0.2, 0) is 19.2 Å². The molecule has 2 aromatic carbocycles. The van der Waals surface area contributed by atoms with Crippen LogP contribution < -0.4 is 9.47 Å². The van der Waals surface area contributed by atoms with Crippen molar-refractivity contribution in [2.75, 3.05) is 40.4 Å². The summed E-state index contributed by atoms with van der Waals surface area (Å²) in [6, 6.07) is 4.58. The number of carboxylic acid groups (broad SMARTS) is 3. The van der Waals surface area contributed by atoms with Crippen LogP contribution in [0, 0.1) is 0 Å². The second-order valence-corrected chi connectivity index (χ2v) is 8.37. The Morgan fingerprint density at radius 2 is 1.13 bits per heavy atom. The summed E-state index contributed by atoms with van der Waals surface area (Å²) in [6.45, 7) is -0.613. The molecule has 0 aliphatic heterocycles. The van der Waals surface area contributed by atoms with Crippen LogP contribution in [0.1, 0.15) is 30.1 Å². The average Bonchev–Trinajstić information content (AvgIpc) is 2.83. The van der Waals surface area contributed by atoms with Crippen molar-refractivity contribution in [1.82, 2.24) is 9.80 Å². The zero-order valence-electron chi connectivity index (χ0n) is 21.0. The first-order valence-corrected chi connectivity index (χ1v) is 11.3. The predicted octanol–water partition coefficient (Wildman–Crippen LogP) is 1.34. The highest BCUT2D eigenvalue weighted by Crippen LogP contribution is 2.34. The normalized spacial score (nSPS) is 12.7. The molecule has 0 heterocycles. The lowest BCUT2D eigenvalue weighted by molar-refractivity contribution is -0.149. The van der Waals surface area contributed by atoms with E-state index in [4.69, 9.17) is 9.47 Å². The molecule has 0 bridgehead atoms. The van der Waals surface area contributed by atoms with Gasteiger partial charge in [0.1, 0.15) is 40.9 Å². The molecule has 2 atom stereocenters. The molecule has 0 fully saturated rings. The van der Waals surface area contributed by atoms with Gasteiger partial charge >= 0.3 is 17.9 Å². The Bertz CT molecular complexity index is 1090. The van der Waals surface area contributed by atoms with Crippen LogP contribution in [0.15, 0.2) is 36.4 Å². The van der Waals surface area contributed by atoms with Gasteiger partial charge in [-0.3, -0.25) is 29.0 Å². The van der Waals surface area contributed by atoms with E-state index >= 15 is 0 Å². The number of phenolic OH excluding ortho intramolecular Hbond substituents is 2. The van der Waals surface area contributed by atoms with Crippen molar-refractivity contribution in [3.8, 4) is 23.0 Å². The molecule has 0 amide bonds. The van der Waals surface area contributed by atoms with Gasteiger partial charge in [0.2, 0.25) is 0 Å². The first-order chi connectivity index (χ1) is 17.9. The van der Waals surface area contributed by atoms with E-state index < -0.39 is 54.6 Å². The van der Waals surface area contributed by atoms with Crippen molar-refractivity contribution in [2.45, 2.75) is 19.0 Å². The van der Waals surface area contributed by atoms with E-state index in [1.54, 1.807) is 0 Å². The number of ketones is 1. The van der Waals surface area contributed by atoms with E-state index in [1.807, 2.05) is 0 Å². The topological polar surface area (TPSA) is 194 Å². The highest BCUT2D eigenvalue weighted by Gasteiger charge is 2.35. The maximum absolute atomic E-state index is 12.3. The SMILES string of the molecule is COc1ccc(O)c(C(C(=O)O)N(CCN(CC(C)=O)[C@H](C(=O)O)c2cc(OC)ccc2O)CC(=O)O)c1. The maximum atomic E-state index is 12.3. The number of rotatable bonds is 15. The minimum Gasteiger partial charge on any atom is -0.508 e. The molecule has 5 N–H and O–H groups in total. The Morgan fingerprint density at radius 3 is 1.45 bits per heavy atom. The lowest BCUT2D eigenvalue weighted by Crippen LogP contribution is -2.45. The molecule has 38 heavy (non-hydrogen) atoms. The number of carboxylic acids is 3. The average molecular weight is 535 g/mol. The molecule has 2 aromatic rings. The van der Waals surface area contributed by atoms with Gasteiger partial charge in [-0.25, -0.2) is 0 Å². The van der Waals surface area contributed by atoms with Crippen molar-refractivity contribution < 1.29 is 54.2 Å². The number of hydrogen-bond donors (Lipinski definition) is 5. The van der Waals surface area contributed by atoms with Crippen molar-refractivity contribution in [3.63, 3.8) is 0 Å². The van der Waals surface area contributed by atoms with Gasteiger partial charge in [0.15, 0.2) is 0 Å². The molecule has 0 aliphatic carbocycles. The summed E-state index contributed by atoms with van der Waals surface area (Å²) in [5.41, 5.74) is -0.223. The molecule has 0 saturated carbocycles. The van der Waals surface area contributed by atoms with Crippen LogP contribution in [0.2, 0.25) is 0 Å². The Hall–Kier alpha value is -4.36. The predicted molar refractivity (Wildman–Crippen MR) is 132 cm³/mol. The summed E-state index contributed by atoms with van der Waals surface area (Å²) in [4.78, 5) is 50.5. The van der Waals surface area contributed by atoms with Gasteiger partial charge in [-0.05, 0) is 43.3 Å². The van der Waals surface area contributed by atoms with E-state index in [-0.39, 0.29) is 41.5 Å². The summed E-state index contributed by atoms with van der Waals surface area (Å²) >= 11 is 0. The Balaban J connectivity index is 2.52. The van der Waals surface area contributed by atoms with E-state index in [2.05, 4.69) is 0 Å². The first kappa shape index (κ1) is 29.9. The van der Waals surface area contributed by atoms with E-state index in [9.17, 15) is 44.7 Å². The Kier molecular flexibility index (Phi) is 10.4. The van der Waals surface area contributed by atoms with Crippen LogP contribution in [0.25, 0.3) is 0 Å². The number of hydrogen-bond acceptors (Lipinski definition) is 10. The molecule has 1 unspecified atom stereocenters. The number of Topliss-reactive ketones (excluding diaryl/α,β-unsaturated/α-hetero) is 1. The van der Waals surface area contributed by atoms with Gasteiger partial charge in [-0.2, -0.15) is 0 Å². The van der Waals surface area contributed by atoms with Crippen molar-refractivity contribution in [2.24, 2.45) is 0 Å². The summed E-state index contributed by atoms with van der Waals surface area (Å²) in [5, 5.41) is 50.2. The lowest BCUT2D eigenvalue weighted by atomic mass is 10.0. The number of ether oxygens (including phenoxy) is 2. The molecular formula is C25H30N2O11. The minimum atomic E-state index is -1.66. The first-order valence-electron chi connectivity index (χ1n) is 11.3. The molecular weight excluding hydrogens is 504 g/mol. The second kappa shape index (κ2) is 13.3. The molecule has 0 aromatic heterocycles. The standard InChI is InChI=1S/C25H30N2O11/c1-14(28)12-26(22(24(33)34)17-10-15(37-2)4-6-19(17)29)8-9-27(13-21(31)32)23(25(35)36)18-11-16(38-3)5-7-20(18)30/h4-7,10-11,22-23,29-30H,8-9,12-13H2,1-3H3,(H,31,32)(H,33,34)(H,35,36)/t22-,23?/m0/s1. The number of phenols is 2. The number of methoxy groups -OCH3 is 2. The molecule has 0 radical (unpaired) electrons. The lowest BCUT2D eigenvalue weighted by Gasteiger charge is -2.33. The third kappa shape index (κ3) is 7.57. The zero-order valence-corrected chi connectivity index (χ0v) is 21.0. The van der Waals surface area contributed by atoms with E-state index in [0.717, 1.165) is 4.90 Å². The number of carbonyl (C=O) groups is 4. The fourth-order valence-corrected chi connectivity index (χ4v) is 4.04. The summed E-state index contributed by atoms with van der Waals surface area (Å²) < 4.78 is 10.2. The third-order valence-electron chi connectivity index (χ3n) is 5.70. The number of aromatic hydroxyl groups is 2. The molecule has 2 rings (SSSR count). The molecule has 0 aliphatic rings. The van der Waals surface area contributed by atoms with Gasteiger partial charge in [0.05, 0.1) is 27.3 Å². The number of nitrogens with zero attached hydrogens (tertiary/aromatic N) is 2. The fourth-order valence-electron chi connectivity index (χ4n) is 4.04. The van der Waals surface area contributed by atoms with Crippen molar-refractivity contribution in [3.05, 3.63) is 47.5 Å². The highest BCUT2D eigenvalue weighted by atomic mass is 16.5. The van der Waals surface area contributed by atoms with Gasteiger partial charge in [-0.15, -0.1) is 0 Å². The quantitative estimate of drug-likeness (QED) is 0.220. The number of aliphatic carboxylic acids is 3. The van der Waals surface area contributed by atoms with Gasteiger partial charge < -0.3 is 35.0 Å². The number of carbonyl (C=O) groups excluding carboxylic acids is 1. The molecule has 13 heteroatoms.